The Morgan fingerprint density at radius 2 is 1.94 bits per heavy atom. The van der Waals surface area contributed by atoms with Gasteiger partial charge in [0.15, 0.2) is 0 Å². The van der Waals surface area contributed by atoms with E-state index in [2.05, 4.69) is 16.8 Å². The molecule has 0 amide bonds. The van der Waals surface area contributed by atoms with Crippen molar-refractivity contribution >= 4 is 11.3 Å². The topological polar surface area (TPSA) is 29.5 Å². The molecule has 2 aromatic rings. The number of hydrogen-bond donors (Lipinski definition) is 1. The molecule has 1 atom stereocenters. The van der Waals surface area contributed by atoms with E-state index in [1.807, 2.05) is 24.3 Å². The second kappa shape index (κ2) is 6.57. The molecule has 18 heavy (non-hydrogen) atoms. The Balaban J connectivity index is 1.80. The minimum absolute atomic E-state index is 0.279. The van der Waals surface area contributed by atoms with Crippen LogP contribution in [0, 0.1) is 0 Å². The van der Waals surface area contributed by atoms with Gasteiger partial charge in [-0.25, -0.2) is 0 Å². The lowest BCUT2D eigenvalue weighted by Gasteiger charge is -2.10. The third-order valence-corrected chi connectivity index (χ3v) is 3.71. The van der Waals surface area contributed by atoms with Crippen LogP contribution in [0.4, 0.5) is 0 Å². The monoisotopic (exact) mass is 262 g/mol. The van der Waals surface area contributed by atoms with Gasteiger partial charge in [0.1, 0.15) is 5.75 Å². The molecule has 1 heterocycles. The summed E-state index contributed by atoms with van der Waals surface area (Å²) in [6.45, 7) is 0. The molecular weight excluding hydrogens is 244 g/mol. The highest BCUT2D eigenvalue weighted by molar-refractivity contribution is 7.07. The number of aliphatic hydroxyl groups is 1. The van der Waals surface area contributed by atoms with Gasteiger partial charge in [0, 0.05) is 0 Å². The lowest BCUT2D eigenvalue weighted by Crippen LogP contribution is -2.11. The Morgan fingerprint density at radius 1 is 1.17 bits per heavy atom. The highest BCUT2D eigenvalue weighted by Crippen LogP contribution is 2.15. The Bertz CT molecular complexity index is 448. The van der Waals surface area contributed by atoms with Crippen LogP contribution in [0.15, 0.2) is 41.1 Å². The summed E-state index contributed by atoms with van der Waals surface area (Å²) in [7, 11) is 1.66. The maximum absolute atomic E-state index is 10.0. The first-order valence-corrected chi connectivity index (χ1v) is 7.04. The summed E-state index contributed by atoms with van der Waals surface area (Å²) in [5.74, 6) is 0.853. The van der Waals surface area contributed by atoms with Crippen molar-refractivity contribution in [1.82, 2.24) is 0 Å². The maximum atomic E-state index is 10.0. The Morgan fingerprint density at radius 3 is 2.56 bits per heavy atom. The SMILES string of the molecule is COc1ccc(CC(O)CCc2ccsc2)cc1. The van der Waals surface area contributed by atoms with Crippen molar-refractivity contribution in [2.45, 2.75) is 25.4 Å². The largest absolute Gasteiger partial charge is 0.497 e. The third kappa shape index (κ3) is 3.86. The Hall–Kier alpha value is -1.32. The van der Waals surface area contributed by atoms with E-state index in [4.69, 9.17) is 4.74 Å². The molecule has 1 N–H and O–H groups in total. The van der Waals surface area contributed by atoms with Crippen LogP contribution in [0.3, 0.4) is 0 Å². The molecular formula is C15H18O2S. The molecule has 1 aromatic carbocycles. The number of ether oxygens (including phenoxy) is 1. The standard InChI is InChI=1S/C15H18O2S/c1-17-15-6-3-12(4-7-15)10-14(16)5-2-13-8-9-18-11-13/h3-4,6-9,11,14,16H,2,5,10H2,1H3. The predicted octanol–water partition coefficient (Wildman–Crippen LogP) is 3.29. The molecule has 0 radical (unpaired) electrons. The fourth-order valence-corrected chi connectivity index (χ4v) is 2.61. The molecule has 3 heteroatoms. The van der Waals surface area contributed by atoms with Gasteiger partial charge in [-0.05, 0) is 59.3 Å². The molecule has 0 aliphatic heterocycles. The number of benzene rings is 1. The lowest BCUT2D eigenvalue weighted by molar-refractivity contribution is 0.165. The fraction of sp³-hybridized carbons (Fsp3) is 0.333. The Labute approximate surface area is 112 Å². The van der Waals surface area contributed by atoms with Crippen molar-refractivity contribution in [3.63, 3.8) is 0 Å². The van der Waals surface area contributed by atoms with E-state index in [0.29, 0.717) is 6.42 Å². The van der Waals surface area contributed by atoms with Crippen molar-refractivity contribution in [3.05, 3.63) is 52.2 Å². The second-order valence-corrected chi connectivity index (χ2v) is 5.16. The predicted molar refractivity (Wildman–Crippen MR) is 75.3 cm³/mol. The molecule has 96 valence electrons. The van der Waals surface area contributed by atoms with Crippen LogP contribution in [0.5, 0.6) is 5.75 Å². The van der Waals surface area contributed by atoms with E-state index in [-0.39, 0.29) is 6.10 Å². The summed E-state index contributed by atoms with van der Waals surface area (Å²) < 4.78 is 5.11. The second-order valence-electron chi connectivity index (χ2n) is 4.38. The van der Waals surface area contributed by atoms with Gasteiger partial charge in [-0.1, -0.05) is 12.1 Å². The van der Waals surface area contributed by atoms with Crippen LogP contribution in [-0.4, -0.2) is 18.3 Å². The lowest BCUT2D eigenvalue weighted by atomic mass is 10.0. The number of thiophene rings is 1. The molecule has 0 aliphatic rings. The molecule has 0 aliphatic carbocycles. The van der Waals surface area contributed by atoms with Crippen LogP contribution in [-0.2, 0) is 12.8 Å². The summed E-state index contributed by atoms with van der Waals surface area (Å²) in [5.41, 5.74) is 2.46. The van der Waals surface area contributed by atoms with Gasteiger partial charge in [0.2, 0.25) is 0 Å². The summed E-state index contributed by atoms with van der Waals surface area (Å²) >= 11 is 1.70. The summed E-state index contributed by atoms with van der Waals surface area (Å²) in [6, 6.07) is 9.99. The molecule has 2 rings (SSSR count). The zero-order chi connectivity index (χ0) is 12.8. The van der Waals surface area contributed by atoms with Crippen molar-refractivity contribution in [2.75, 3.05) is 7.11 Å². The van der Waals surface area contributed by atoms with Crippen LogP contribution < -0.4 is 4.74 Å². The summed E-state index contributed by atoms with van der Waals surface area (Å²) in [5, 5.41) is 14.2. The highest BCUT2D eigenvalue weighted by Gasteiger charge is 2.06. The van der Waals surface area contributed by atoms with Crippen molar-refractivity contribution < 1.29 is 9.84 Å². The van der Waals surface area contributed by atoms with E-state index >= 15 is 0 Å². The van der Waals surface area contributed by atoms with Crippen molar-refractivity contribution in [2.24, 2.45) is 0 Å². The molecule has 1 aromatic heterocycles. The van der Waals surface area contributed by atoms with Gasteiger partial charge in [-0.15, -0.1) is 0 Å². The molecule has 0 saturated carbocycles. The zero-order valence-corrected chi connectivity index (χ0v) is 11.3. The number of methoxy groups -OCH3 is 1. The van der Waals surface area contributed by atoms with E-state index in [9.17, 15) is 5.11 Å². The highest BCUT2D eigenvalue weighted by atomic mass is 32.1. The first kappa shape index (κ1) is 13.1. The molecule has 2 nitrogen and oxygen atoms in total. The quantitative estimate of drug-likeness (QED) is 0.865. The zero-order valence-electron chi connectivity index (χ0n) is 10.5. The number of rotatable bonds is 6. The summed E-state index contributed by atoms with van der Waals surface area (Å²) in [6.07, 6.45) is 2.18. The molecule has 1 unspecified atom stereocenters. The van der Waals surface area contributed by atoms with Crippen LogP contribution in [0.25, 0.3) is 0 Å². The number of hydrogen-bond acceptors (Lipinski definition) is 3. The van der Waals surface area contributed by atoms with E-state index in [0.717, 1.165) is 24.2 Å². The molecule has 0 saturated heterocycles. The van der Waals surface area contributed by atoms with Crippen LogP contribution >= 0.6 is 11.3 Å². The number of aliphatic hydroxyl groups excluding tert-OH is 1. The minimum Gasteiger partial charge on any atom is -0.497 e. The normalized spacial score (nSPS) is 12.3. The van der Waals surface area contributed by atoms with Gasteiger partial charge in [0.05, 0.1) is 13.2 Å². The fourth-order valence-electron chi connectivity index (χ4n) is 1.90. The van der Waals surface area contributed by atoms with Gasteiger partial charge >= 0.3 is 0 Å². The van der Waals surface area contributed by atoms with Gasteiger partial charge in [0.25, 0.3) is 0 Å². The Kier molecular flexibility index (Phi) is 4.79. The van der Waals surface area contributed by atoms with E-state index in [1.165, 1.54) is 5.56 Å². The van der Waals surface area contributed by atoms with E-state index in [1.54, 1.807) is 18.4 Å². The van der Waals surface area contributed by atoms with Crippen molar-refractivity contribution in [1.29, 1.82) is 0 Å². The average molecular weight is 262 g/mol. The van der Waals surface area contributed by atoms with Gasteiger partial charge < -0.3 is 9.84 Å². The van der Waals surface area contributed by atoms with Crippen LogP contribution in [0.2, 0.25) is 0 Å². The third-order valence-electron chi connectivity index (χ3n) is 2.98. The minimum atomic E-state index is -0.279. The molecule has 0 fully saturated rings. The molecule has 0 spiro atoms. The first-order valence-electron chi connectivity index (χ1n) is 6.10. The van der Waals surface area contributed by atoms with Gasteiger partial charge in [-0.3, -0.25) is 0 Å². The average Bonchev–Trinajstić information content (AvgIpc) is 2.90. The number of aryl methyl sites for hydroxylation is 1. The summed E-state index contributed by atoms with van der Waals surface area (Å²) in [4.78, 5) is 0. The van der Waals surface area contributed by atoms with E-state index < -0.39 is 0 Å². The van der Waals surface area contributed by atoms with Gasteiger partial charge in [-0.2, -0.15) is 11.3 Å². The maximum Gasteiger partial charge on any atom is 0.118 e. The van der Waals surface area contributed by atoms with Crippen LogP contribution in [0.1, 0.15) is 17.5 Å². The smallest absolute Gasteiger partial charge is 0.118 e. The first-order chi connectivity index (χ1) is 8.78. The molecule has 0 bridgehead atoms. The van der Waals surface area contributed by atoms with Crippen molar-refractivity contribution in [3.8, 4) is 5.75 Å².